The van der Waals surface area contributed by atoms with Crippen molar-refractivity contribution in [1.82, 2.24) is 15.1 Å². The Balaban J connectivity index is 2.62. The lowest BCUT2D eigenvalue weighted by atomic mass is 10.0. The van der Waals surface area contributed by atoms with Crippen LogP contribution in [0.3, 0.4) is 0 Å². The Morgan fingerprint density at radius 2 is 2.11 bits per heavy atom. The Hall–Kier alpha value is -1.36. The Morgan fingerprint density at radius 1 is 1.50 bits per heavy atom. The van der Waals surface area contributed by atoms with Crippen LogP contribution in [-0.2, 0) is 11.8 Å². The molecule has 0 fully saturated rings. The fourth-order valence-corrected chi connectivity index (χ4v) is 2.06. The number of carbonyl (C=O) groups is 1. The third-order valence-corrected chi connectivity index (χ3v) is 2.94. The highest BCUT2D eigenvalue weighted by Gasteiger charge is 2.19. The summed E-state index contributed by atoms with van der Waals surface area (Å²) in [6, 6.07) is -0.506. The summed E-state index contributed by atoms with van der Waals surface area (Å²) in [4.78, 5) is 11.9. The highest BCUT2D eigenvalue weighted by atomic mass is 16.2. The van der Waals surface area contributed by atoms with Gasteiger partial charge in [-0.2, -0.15) is 5.10 Å². The molecule has 0 aromatic carbocycles. The number of rotatable bonds is 5. The molecule has 0 saturated carbocycles. The molecule has 0 aliphatic heterocycles. The zero-order valence-electron chi connectivity index (χ0n) is 11.9. The van der Waals surface area contributed by atoms with E-state index < -0.39 is 6.04 Å². The molecule has 0 saturated heterocycles. The van der Waals surface area contributed by atoms with Crippen molar-refractivity contribution in [3.63, 3.8) is 0 Å². The van der Waals surface area contributed by atoms with Crippen molar-refractivity contribution < 1.29 is 4.79 Å². The first kappa shape index (κ1) is 14.7. The quantitative estimate of drug-likeness (QED) is 0.829. The van der Waals surface area contributed by atoms with Gasteiger partial charge in [0, 0.05) is 18.8 Å². The molecule has 0 aliphatic carbocycles. The summed E-state index contributed by atoms with van der Waals surface area (Å²) in [5.74, 6) is 0.320. The highest BCUT2D eigenvalue weighted by Crippen LogP contribution is 2.15. The molecule has 0 spiro atoms. The molecular weight excluding hydrogens is 228 g/mol. The van der Waals surface area contributed by atoms with Crippen molar-refractivity contribution in [2.24, 2.45) is 18.7 Å². The largest absolute Gasteiger partial charge is 0.348 e. The van der Waals surface area contributed by atoms with Crippen LogP contribution in [-0.4, -0.2) is 21.7 Å². The molecule has 3 N–H and O–H groups in total. The van der Waals surface area contributed by atoms with E-state index in [1.165, 1.54) is 0 Å². The van der Waals surface area contributed by atoms with Crippen LogP contribution in [0.25, 0.3) is 0 Å². The Kier molecular flexibility index (Phi) is 4.90. The number of hydrogen-bond acceptors (Lipinski definition) is 3. The van der Waals surface area contributed by atoms with Gasteiger partial charge < -0.3 is 11.1 Å². The van der Waals surface area contributed by atoms with E-state index in [-0.39, 0.29) is 11.9 Å². The molecular formula is C13H24N4O. The van der Waals surface area contributed by atoms with Crippen molar-refractivity contribution in [1.29, 1.82) is 0 Å². The first-order valence-electron chi connectivity index (χ1n) is 6.37. The van der Waals surface area contributed by atoms with Crippen LogP contribution in [0.5, 0.6) is 0 Å². The number of nitrogens with one attached hydrogen (secondary N) is 1. The Morgan fingerprint density at radius 3 is 2.56 bits per heavy atom. The van der Waals surface area contributed by atoms with E-state index in [1.54, 1.807) is 4.68 Å². The maximum atomic E-state index is 11.9. The molecule has 18 heavy (non-hydrogen) atoms. The lowest BCUT2D eigenvalue weighted by Crippen LogP contribution is -2.42. The summed E-state index contributed by atoms with van der Waals surface area (Å²) in [5.41, 5.74) is 7.82. The van der Waals surface area contributed by atoms with Gasteiger partial charge in [0.15, 0.2) is 0 Å². The van der Waals surface area contributed by atoms with Gasteiger partial charge in [0.05, 0.1) is 17.8 Å². The van der Waals surface area contributed by atoms with Gasteiger partial charge in [-0.25, -0.2) is 0 Å². The van der Waals surface area contributed by atoms with Crippen LogP contribution in [0, 0.1) is 12.8 Å². The van der Waals surface area contributed by atoms with Crippen molar-refractivity contribution in [2.45, 2.75) is 46.2 Å². The van der Waals surface area contributed by atoms with E-state index in [1.807, 2.05) is 27.1 Å². The second kappa shape index (κ2) is 6.00. The maximum absolute atomic E-state index is 11.9. The van der Waals surface area contributed by atoms with Gasteiger partial charge in [-0.15, -0.1) is 0 Å². The Labute approximate surface area is 109 Å². The van der Waals surface area contributed by atoms with Crippen LogP contribution in [0.2, 0.25) is 0 Å². The van der Waals surface area contributed by atoms with Crippen LogP contribution in [0.4, 0.5) is 0 Å². The van der Waals surface area contributed by atoms with Gasteiger partial charge in [-0.05, 0) is 26.2 Å². The van der Waals surface area contributed by atoms with Crippen molar-refractivity contribution in [3.8, 4) is 0 Å². The molecule has 1 amide bonds. The number of aryl methyl sites for hydroxylation is 2. The number of hydrogen-bond donors (Lipinski definition) is 2. The zero-order chi connectivity index (χ0) is 13.9. The molecule has 0 aliphatic rings. The predicted octanol–water partition coefficient (Wildman–Crippen LogP) is 1.28. The normalized spacial score (nSPS) is 14.6. The smallest absolute Gasteiger partial charge is 0.237 e. The van der Waals surface area contributed by atoms with Crippen LogP contribution in [0.15, 0.2) is 6.20 Å². The molecule has 5 nitrogen and oxygen atoms in total. The number of carbonyl (C=O) groups excluding carboxylic acids is 1. The molecule has 0 radical (unpaired) electrons. The minimum absolute atomic E-state index is 0.0654. The summed E-state index contributed by atoms with van der Waals surface area (Å²) < 4.78 is 1.75. The van der Waals surface area contributed by atoms with E-state index in [4.69, 9.17) is 5.73 Å². The summed E-state index contributed by atoms with van der Waals surface area (Å²) in [7, 11) is 1.87. The molecule has 1 heterocycles. The minimum atomic E-state index is -0.440. The average molecular weight is 252 g/mol. The summed E-state index contributed by atoms with van der Waals surface area (Å²) in [5, 5.41) is 7.20. The second-order valence-electron chi connectivity index (χ2n) is 5.31. The summed E-state index contributed by atoms with van der Waals surface area (Å²) in [6.07, 6.45) is 2.62. The van der Waals surface area contributed by atoms with E-state index in [9.17, 15) is 4.79 Å². The van der Waals surface area contributed by atoms with Crippen molar-refractivity contribution in [2.75, 3.05) is 0 Å². The van der Waals surface area contributed by atoms with Gasteiger partial charge in [0.1, 0.15) is 0 Å². The van der Waals surface area contributed by atoms with Gasteiger partial charge >= 0.3 is 0 Å². The number of nitrogens with zero attached hydrogens (tertiary/aromatic N) is 2. The van der Waals surface area contributed by atoms with Crippen LogP contribution < -0.4 is 11.1 Å². The van der Waals surface area contributed by atoms with E-state index in [0.29, 0.717) is 12.3 Å². The average Bonchev–Trinajstić information content (AvgIpc) is 2.56. The van der Waals surface area contributed by atoms with E-state index in [2.05, 4.69) is 24.3 Å². The highest BCUT2D eigenvalue weighted by molar-refractivity contribution is 5.81. The molecule has 0 bridgehead atoms. The SMILES string of the molecule is Cc1nn(C)cc1C(C)NC(=O)[C@@H](N)CC(C)C. The minimum Gasteiger partial charge on any atom is -0.348 e. The maximum Gasteiger partial charge on any atom is 0.237 e. The third-order valence-electron chi connectivity index (χ3n) is 2.94. The molecule has 1 aromatic heterocycles. The summed E-state index contributed by atoms with van der Waals surface area (Å²) in [6.45, 7) is 8.00. The molecule has 2 atom stereocenters. The fraction of sp³-hybridized carbons (Fsp3) is 0.692. The first-order valence-corrected chi connectivity index (χ1v) is 6.37. The topological polar surface area (TPSA) is 72.9 Å². The van der Waals surface area contributed by atoms with Gasteiger partial charge in [-0.3, -0.25) is 9.48 Å². The van der Waals surface area contributed by atoms with E-state index >= 15 is 0 Å². The monoisotopic (exact) mass is 252 g/mol. The molecule has 1 rings (SSSR count). The van der Waals surface area contributed by atoms with Gasteiger partial charge in [0.2, 0.25) is 5.91 Å². The summed E-state index contributed by atoms with van der Waals surface area (Å²) >= 11 is 0. The van der Waals surface area contributed by atoms with Crippen LogP contribution >= 0.6 is 0 Å². The number of aromatic nitrogens is 2. The van der Waals surface area contributed by atoms with Gasteiger partial charge in [0.25, 0.3) is 0 Å². The second-order valence-corrected chi connectivity index (χ2v) is 5.31. The van der Waals surface area contributed by atoms with E-state index in [0.717, 1.165) is 11.3 Å². The fourth-order valence-electron chi connectivity index (χ4n) is 2.06. The molecule has 5 heteroatoms. The number of amides is 1. The lowest BCUT2D eigenvalue weighted by molar-refractivity contribution is -0.123. The standard InChI is InChI=1S/C13H24N4O/c1-8(2)6-12(14)13(18)15-9(3)11-7-17(5)16-10(11)4/h7-9,12H,6,14H2,1-5H3,(H,15,18)/t9?,12-/m0/s1. The van der Waals surface area contributed by atoms with Crippen molar-refractivity contribution in [3.05, 3.63) is 17.5 Å². The Bertz CT molecular complexity index is 411. The predicted molar refractivity (Wildman–Crippen MR) is 71.9 cm³/mol. The number of nitrogens with two attached hydrogens (primary N) is 1. The molecule has 1 unspecified atom stereocenters. The van der Waals surface area contributed by atoms with Crippen LogP contribution in [0.1, 0.15) is 44.5 Å². The zero-order valence-corrected chi connectivity index (χ0v) is 11.9. The van der Waals surface area contributed by atoms with Crippen molar-refractivity contribution >= 4 is 5.91 Å². The first-order chi connectivity index (χ1) is 8.31. The lowest BCUT2D eigenvalue weighted by Gasteiger charge is -2.18. The third kappa shape index (κ3) is 3.84. The molecule has 1 aromatic rings. The van der Waals surface area contributed by atoms with Gasteiger partial charge in [-0.1, -0.05) is 13.8 Å². The molecule has 102 valence electrons.